The molecular formula is C22H23F2NO2. The average molecular weight is 371 g/mol. The minimum absolute atomic E-state index is 0.0986. The Morgan fingerprint density at radius 3 is 2.59 bits per heavy atom. The lowest BCUT2D eigenvalue weighted by Gasteiger charge is -2.32. The van der Waals surface area contributed by atoms with Gasteiger partial charge in [-0.05, 0) is 43.4 Å². The van der Waals surface area contributed by atoms with Crippen LogP contribution in [0.4, 0.5) is 8.78 Å². The Bertz CT molecular complexity index is 836. The van der Waals surface area contributed by atoms with Crippen molar-refractivity contribution in [2.75, 3.05) is 13.1 Å². The van der Waals surface area contributed by atoms with Crippen LogP contribution >= 0.6 is 0 Å². The fraction of sp³-hybridized carbons (Fsp3) is 0.364. The third-order valence-corrected chi connectivity index (χ3v) is 5.16. The maximum absolute atomic E-state index is 14.3. The van der Waals surface area contributed by atoms with E-state index in [1.807, 2.05) is 30.3 Å². The van der Waals surface area contributed by atoms with Crippen LogP contribution in [-0.2, 0) is 11.2 Å². The number of carbonyl (C=O) groups is 2. The number of amides is 1. The molecule has 1 fully saturated rings. The Morgan fingerprint density at radius 2 is 1.85 bits per heavy atom. The largest absolute Gasteiger partial charge is 0.338 e. The molecule has 1 amide bonds. The van der Waals surface area contributed by atoms with Gasteiger partial charge >= 0.3 is 0 Å². The monoisotopic (exact) mass is 371 g/mol. The van der Waals surface area contributed by atoms with Crippen molar-refractivity contribution in [3.8, 4) is 0 Å². The van der Waals surface area contributed by atoms with E-state index in [9.17, 15) is 18.4 Å². The van der Waals surface area contributed by atoms with Gasteiger partial charge < -0.3 is 4.90 Å². The van der Waals surface area contributed by atoms with Crippen LogP contribution in [0.2, 0.25) is 0 Å². The maximum Gasteiger partial charge on any atom is 0.259 e. The molecule has 5 heteroatoms. The second kappa shape index (κ2) is 8.42. The van der Waals surface area contributed by atoms with E-state index in [-0.39, 0.29) is 23.8 Å². The molecule has 1 atom stereocenters. The van der Waals surface area contributed by atoms with Crippen LogP contribution in [0.3, 0.4) is 0 Å². The number of carbonyl (C=O) groups excluding carboxylic acids is 2. The molecule has 3 nitrogen and oxygen atoms in total. The van der Waals surface area contributed by atoms with E-state index < -0.39 is 23.1 Å². The summed E-state index contributed by atoms with van der Waals surface area (Å²) >= 11 is 0. The molecule has 0 aliphatic carbocycles. The zero-order valence-corrected chi connectivity index (χ0v) is 15.4. The van der Waals surface area contributed by atoms with E-state index in [2.05, 4.69) is 0 Å². The van der Waals surface area contributed by atoms with Crippen molar-refractivity contribution >= 4 is 11.7 Å². The highest BCUT2D eigenvalue weighted by Gasteiger charge is 2.31. The minimum Gasteiger partial charge on any atom is -0.338 e. The molecule has 0 N–H and O–H groups in total. The van der Waals surface area contributed by atoms with Gasteiger partial charge in [-0.3, -0.25) is 9.59 Å². The van der Waals surface area contributed by atoms with Crippen LogP contribution in [0.15, 0.2) is 42.5 Å². The van der Waals surface area contributed by atoms with Crippen molar-refractivity contribution in [2.45, 2.75) is 32.6 Å². The number of nitrogens with zero attached hydrogens (tertiary/aromatic N) is 1. The molecule has 2 aromatic rings. The van der Waals surface area contributed by atoms with Crippen molar-refractivity contribution in [3.05, 3.63) is 70.8 Å². The fourth-order valence-electron chi connectivity index (χ4n) is 3.55. The van der Waals surface area contributed by atoms with Gasteiger partial charge in [0.25, 0.3) is 5.91 Å². The molecular weight excluding hydrogens is 348 g/mol. The zero-order chi connectivity index (χ0) is 19.4. The summed E-state index contributed by atoms with van der Waals surface area (Å²) in [4.78, 5) is 26.7. The zero-order valence-electron chi connectivity index (χ0n) is 15.4. The summed E-state index contributed by atoms with van der Waals surface area (Å²) in [6.07, 6.45) is 2.42. The average Bonchev–Trinajstić information content (AvgIpc) is 2.70. The van der Waals surface area contributed by atoms with Crippen molar-refractivity contribution in [1.82, 2.24) is 4.90 Å². The Morgan fingerprint density at radius 1 is 1.11 bits per heavy atom. The van der Waals surface area contributed by atoms with Crippen LogP contribution in [0.5, 0.6) is 0 Å². The van der Waals surface area contributed by atoms with Gasteiger partial charge in [-0.1, -0.05) is 36.4 Å². The number of benzene rings is 2. The summed E-state index contributed by atoms with van der Waals surface area (Å²) in [5.74, 6) is -2.53. The molecule has 142 valence electrons. The number of likely N-dealkylation sites (tertiary alicyclic amines) is 1. The predicted molar refractivity (Wildman–Crippen MR) is 99.5 cm³/mol. The molecule has 0 radical (unpaired) electrons. The number of Topliss-reactive ketones (excluding diaryl/α,β-unsaturated/α-hetero) is 1. The van der Waals surface area contributed by atoms with Gasteiger partial charge in [0.05, 0.1) is 0 Å². The fourth-order valence-corrected chi connectivity index (χ4v) is 3.55. The maximum atomic E-state index is 14.3. The van der Waals surface area contributed by atoms with Gasteiger partial charge in [0.15, 0.2) is 0 Å². The number of hydrogen-bond acceptors (Lipinski definition) is 2. The second-order valence-electron chi connectivity index (χ2n) is 7.10. The molecule has 0 unspecified atom stereocenters. The summed E-state index contributed by atoms with van der Waals surface area (Å²) in [5.41, 5.74) is 0.804. The molecule has 1 heterocycles. The molecule has 1 aliphatic heterocycles. The molecule has 2 aromatic carbocycles. The summed E-state index contributed by atoms with van der Waals surface area (Å²) in [6, 6.07) is 12.2. The van der Waals surface area contributed by atoms with E-state index in [0.29, 0.717) is 32.2 Å². The van der Waals surface area contributed by atoms with Gasteiger partial charge in [-0.25, -0.2) is 8.78 Å². The number of aryl methyl sites for hydroxylation is 2. The number of hydrogen-bond donors (Lipinski definition) is 0. The van der Waals surface area contributed by atoms with Crippen LogP contribution in [0.25, 0.3) is 0 Å². The van der Waals surface area contributed by atoms with E-state index in [1.165, 1.54) is 17.9 Å². The summed E-state index contributed by atoms with van der Waals surface area (Å²) in [7, 11) is 0. The Kier molecular flexibility index (Phi) is 5.99. The molecule has 0 spiro atoms. The van der Waals surface area contributed by atoms with Crippen molar-refractivity contribution in [3.63, 3.8) is 0 Å². The number of ketones is 1. The smallest absolute Gasteiger partial charge is 0.259 e. The van der Waals surface area contributed by atoms with E-state index in [0.717, 1.165) is 11.6 Å². The molecule has 0 aromatic heterocycles. The van der Waals surface area contributed by atoms with Gasteiger partial charge in [0.1, 0.15) is 23.0 Å². The van der Waals surface area contributed by atoms with Crippen LogP contribution < -0.4 is 0 Å². The third-order valence-electron chi connectivity index (χ3n) is 5.16. The van der Waals surface area contributed by atoms with Crippen LogP contribution in [0.1, 0.15) is 40.7 Å². The topological polar surface area (TPSA) is 37.4 Å². The Balaban J connectivity index is 1.66. The highest BCUT2D eigenvalue weighted by molar-refractivity contribution is 5.95. The molecule has 1 saturated heterocycles. The summed E-state index contributed by atoms with van der Waals surface area (Å²) in [5, 5.41) is 0. The lowest BCUT2D eigenvalue weighted by molar-refractivity contribution is -0.124. The first-order valence-electron chi connectivity index (χ1n) is 9.28. The lowest BCUT2D eigenvalue weighted by atomic mass is 9.90. The Hall–Kier alpha value is -2.56. The first-order chi connectivity index (χ1) is 13.0. The minimum atomic E-state index is -0.861. The SMILES string of the molecule is Cc1ccc(F)c(C(=O)N2CCC[C@H](C(=O)CCc3ccccc3)C2)c1F. The first-order valence-corrected chi connectivity index (χ1v) is 9.28. The molecule has 0 bridgehead atoms. The number of piperidine rings is 1. The molecule has 27 heavy (non-hydrogen) atoms. The van der Waals surface area contributed by atoms with Crippen LogP contribution in [0, 0.1) is 24.5 Å². The van der Waals surface area contributed by atoms with Crippen molar-refractivity contribution in [2.24, 2.45) is 5.92 Å². The summed E-state index contributed by atoms with van der Waals surface area (Å²) in [6.45, 7) is 2.13. The van der Waals surface area contributed by atoms with Crippen LogP contribution in [-0.4, -0.2) is 29.7 Å². The van der Waals surface area contributed by atoms with Crippen molar-refractivity contribution < 1.29 is 18.4 Å². The van der Waals surface area contributed by atoms with Crippen molar-refractivity contribution in [1.29, 1.82) is 0 Å². The van der Waals surface area contributed by atoms with Gasteiger partial charge in [-0.15, -0.1) is 0 Å². The lowest BCUT2D eigenvalue weighted by Crippen LogP contribution is -2.43. The highest BCUT2D eigenvalue weighted by atomic mass is 19.1. The first kappa shape index (κ1) is 19.2. The van der Waals surface area contributed by atoms with Gasteiger partial charge in [0.2, 0.25) is 0 Å². The van der Waals surface area contributed by atoms with E-state index >= 15 is 0 Å². The summed E-state index contributed by atoms with van der Waals surface area (Å²) < 4.78 is 28.3. The number of halogens is 2. The highest BCUT2D eigenvalue weighted by Crippen LogP contribution is 2.24. The predicted octanol–water partition coefficient (Wildman–Crippen LogP) is 4.33. The second-order valence-corrected chi connectivity index (χ2v) is 7.10. The van der Waals surface area contributed by atoms with E-state index in [4.69, 9.17) is 0 Å². The molecule has 1 aliphatic rings. The van der Waals surface area contributed by atoms with Gasteiger partial charge in [-0.2, -0.15) is 0 Å². The van der Waals surface area contributed by atoms with Gasteiger partial charge in [0, 0.05) is 25.4 Å². The molecule has 3 rings (SSSR count). The third kappa shape index (κ3) is 4.41. The Labute approximate surface area is 158 Å². The molecule has 0 saturated carbocycles. The standard InChI is InChI=1S/C22H23F2NO2/c1-15-9-11-18(23)20(21(15)24)22(27)25-13-5-8-17(14-25)19(26)12-10-16-6-3-2-4-7-16/h2-4,6-7,9,11,17H,5,8,10,12-14H2,1H3/t17-/m0/s1. The number of rotatable bonds is 5. The quantitative estimate of drug-likeness (QED) is 0.785. The van der Waals surface area contributed by atoms with E-state index in [1.54, 1.807) is 0 Å². The normalized spacial score (nSPS) is 17.0.